The second-order valence-electron chi connectivity index (χ2n) is 10.8. The molecule has 4 heterocycles. The third-order valence-corrected chi connectivity index (χ3v) is 10.8. The van der Waals surface area contributed by atoms with Gasteiger partial charge in [-0.1, -0.05) is 77.7 Å². The van der Waals surface area contributed by atoms with Gasteiger partial charge in [0.15, 0.2) is 0 Å². The number of hydrogen-bond donors (Lipinski definition) is 0. The molecule has 2 aliphatic heterocycles. The number of rotatable bonds is 1. The van der Waals surface area contributed by atoms with Crippen LogP contribution in [0.25, 0.3) is 32.3 Å². The van der Waals surface area contributed by atoms with Gasteiger partial charge in [0.2, 0.25) is 0 Å². The lowest BCUT2D eigenvalue weighted by atomic mass is 9.34. The summed E-state index contributed by atoms with van der Waals surface area (Å²) >= 11 is 3.86. The third-order valence-electron chi connectivity index (χ3n) is 8.35. The quantitative estimate of drug-likeness (QED) is 0.202. The summed E-state index contributed by atoms with van der Waals surface area (Å²) in [6.07, 6.45) is 20.6. The molecule has 8 rings (SSSR count). The first-order valence-corrected chi connectivity index (χ1v) is 17.3. The van der Waals surface area contributed by atoms with E-state index in [0.717, 1.165) is 47.8 Å². The lowest BCUT2D eigenvalue weighted by Crippen LogP contribution is -2.51. The molecule has 0 radical (unpaired) electrons. The van der Waals surface area contributed by atoms with Crippen LogP contribution in [0.2, 0.25) is 0 Å². The number of hydrogen-bond acceptors (Lipinski definition) is 4. The van der Waals surface area contributed by atoms with Gasteiger partial charge in [-0.3, -0.25) is 0 Å². The summed E-state index contributed by atoms with van der Waals surface area (Å²) in [4.78, 5) is 2.92. The van der Waals surface area contributed by atoms with Gasteiger partial charge >= 0.3 is 0 Å². The van der Waals surface area contributed by atoms with Crippen LogP contribution in [-0.4, -0.2) is 6.71 Å². The molecule has 5 heteroatoms. The molecule has 0 saturated heterocycles. The van der Waals surface area contributed by atoms with Crippen molar-refractivity contribution in [3.05, 3.63) is 105 Å². The molecule has 218 valence electrons. The standard InChI is InChI=1S/C34H27BO2S2.2C2H6/c1-4-26-34-27(5-2)37-29-16-23-21-13-12-19(3)14-31(21)39-33(23)18-25(29)35(34)24-17-32-22(15-28(24)36-26)20-10-8-6-7-9-11-30(20)38-32;2*1-2/h4-8,10,12-13,15-19H,1,9,11,14H2,2-3H3;2*1-2H3/b7-6?,10-8-,27-5+;;. The Hall–Kier alpha value is -3.54. The molecule has 1 atom stereocenters. The Morgan fingerprint density at radius 1 is 0.860 bits per heavy atom. The largest absolute Gasteiger partial charge is 0.459 e. The summed E-state index contributed by atoms with van der Waals surface area (Å²) in [6.45, 7) is 16.5. The van der Waals surface area contributed by atoms with E-state index in [9.17, 15) is 0 Å². The van der Waals surface area contributed by atoms with Crippen LogP contribution < -0.4 is 20.4 Å². The first-order valence-electron chi connectivity index (χ1n) is 15.7. The molecule has 2 aromatic heterocycles. The predicted molar refractivity (Wildman–Crippen MR) is 192 cm³/mol. The molecule has 4 aromatic rings. The summed E-state index contributed by atoms with van der Waals surface area (Å²) in [6, 6.07) is 9.29. The van der Waals surface area contributed by atoms with Crippen molar-refractivity contribution in [2.24, 2.45) is 5.92 Å². The first-order chi connectivity index (χ1) is 21.1. The fourth-order valence-corrected chi connectivity index (χ4v) is 9.11. The highest BCUT2D eigenvalue weighted by Crippen LogP contribution is 2.43. The van der Waals surface area contributed by atoms with Gasteiger partial charge in [-0.25, -0.2) is 0 Å². The Bertz CT molecular complexity index is 1890. The number of thiophene rings is 2. The number of benzene rings is 2. The molecule has 4 aliphatic rings. The van der Waals surface area contributed by atoms with E-state index in [0.29, 0.717) is 5.92 Å². The molecule has 0 N–H and O–H groups in total. The van der Waals surface area contributed by atoms with E-state index in [-0.39, 0.29) is 6.71 Å². The fraction of sp³-hybridized carbons (Fsp3) is 0.263. The summed E-state index contributed by atoms with van der Waals surface area (Å²) in [5.41, 5.74) is 6.18. The van der Waals surface area contributed by atoms with E-state index in [4.69, 9.17) is 9.47 Å². The number of allylic oxidation sites excluding steroid dienone is 7. The third kappa shape index (κ3) is 4.87. The molecule has 2 nitrogen and oxygen atoms in total. The highest BCUT2D eigenvalue weighted by atomic mass is 32.1. The number of ether oxygens (including phenoxy) is 2. The van der Waals surface area contributed by atoms with E-state index in [1.165, 1.54) is 52.0 Å². The van der Waals surface area contributed by atoms with Crippen molar-refractivity contribution in [3.63, 3.8) is 0 Å². The van der Waals surface area contributed by atoms with Gasteiger partial charge in [-0.15, -0.1) is 22.7 Å². The van der Waals surface area contributed by atoms with Crippen LogP contribution in [0.3, 0.4) is 0 Å². The van der Waals surface area contributed by atoms with Crippen molar-refractivity contribution in [3.8, 4) is 11.5 Å². The van der Waals surface area contributed by atoms with Gasteiger partial charge in [0, 0.05) is 35.4 Å². The lowest BCUT2D eigenvalue weighted by Gasteiger charge is -2.34. The smallest absolute Gasteiger partial charge is 0.260 e. The molecule has 0 bridgehead atoms. The minimum absolute atomic E-state index is 0.0287. The van der Waals surface area contributed by atoms with E-state index < -0.39 is 0 Å². The molecule has 0 amide bonds. The van der Waals surface area contributed by atoms with Crippen LogP contribution in [0, 0.1) is 5.92 Å². The Balaban J connectivity index is 0.000000792. The van der Waals surface area contributed by atoms with Crippen LogP contribution in [-0.2, 0) is 12.8 Å². The Morgan fingerprint density at radius 3 is 2.19 bits per heavy atom. The second kappa shape index (κ2) is 12.2. The predicted octanol–water partition coefficient (Wildman–Crippen LogP) is 10.2. The zero-order valence-electron chi connectivity index (χ0n) is 26.0. The van der Waals surface area contributed by atoms with Gasteiger partial charge in [0.05, 0.1) is 0 Å². The Kier molecular flexibility index (Phi) is 8.39. The topological polar surface area (TPSA) is 18.5 Å². The average molecular weight is 603 g/mol. The number of fused-ring (bicyclic) bond motifs is 11. The van der Waals surface area contributed by atoms with Crippen LogP contribution >= 0.6 is 22.7 Å². The summed E-state index contributed by atoms with van der Waals surface area (Å²) < 4.78 is 15.8. The van der Waals surface area contributed by atoms with Crippen molar-refractivity contribution in [2.45, 2.75) is 60.8 Å². The van der Waals surface area contributed by atoms with Crippen LogP contribution in [0.5, 0.6) is 11.5 Å². The van der Waals surface area contributed by atoms with Crippen molar-refractivity contribution >= 4 is 72.6 Å². The molecule has 0 spiro atoms. The zero-order chi connectivity index (χ0) is 30.2. The Labute approximate surface area is 264 Å². The van der Waals surface area contributed by atoms with E-state index in [1.54, 1.807) is 0 Å². The molecule has 2 aromatic carbocycles. The highest BCUT2D eigenvalue weighted by molar-refractivity contribution is 7.20. The number of aryl methyl sites for hydroxylation is 1. The van der Waals surface area contributed by atoms with Crippen LogP contribution in [0.4, 0.5) is 0 Å². The minimum atomic E-state index is 0.0287. The lowest BCUT2D eigenvalue weighted by molar-refractivity contribution is 0.410. The van der Waals surface area contributed by atoms with Crippen molar-refractivity contribution in [1.82, 2.24) is 0 Å². The van der Waals surface area contributed by atoms with E-state index >= 15 is 0 Å². The molecule has 1 unspecified atom stereocenters. The highest BCUT2D eigenvalue weighted by Gasteiger charge is 2.42. The average Bonchev–Trinajstić information content (AvgIpc) is 3.54. The zero-order valence-corrected chi connectivity index (χ0v) is 27.7. The maximum Gasteiger partial charge on any atom is 0.260 e. The molecule has 0 fully saturated rings. The molecular weight excluding hydrogens is 563 g/mol. The normalized spacial score (nSPS) is 19.3. The molecular formula is C38H39BO2S2. The maximum absolute atomic E-state index is 6.61. The summed E-state index contributed by atoms with van der Waals surface area (Å²) in [7, 11) is 0. The minimum Gasteiger partial charge on any atom is -0.459 e. The van der Waals surface area contributed by atoms with Crippen LogP contribution in [0.1, 0.15) is 68.8 Å². The van der Waals surface area contributed by atoms with Crippen molar-refractivity contribution in [2.75, 3.05) is 0 Å². The first kappa shape index (κ1) is 29.5. The van der Waals surface area contributed by atoms with E-state index in [1.807, 2.05) is 63.4 Å². The monoisotopic (exact) mass is 602 g/mol. The van der Waals surface area contributed by atoms with Gasteiger partial charge in [0.1, 0.15) is 23.0 Å². The van der Waals surface area contributed by atoms with Gasteiger partial charge in [-0.2, -0.15) is 0 Å². The van der Waals surface area contributed by atoms with Crippen molar-refractivity contribution < 1.29 is 9.47 Å². The van der Waals surface area contributed by atoms with Gasteiger partial charge in [0.25, 0.3) is 6.71 Å². The maximum atomic E-state index is 6.61. The second-order valence-corrected chi connectivity index (χ2v) is 13.1. The van der Waals surface area contributed by atoms with Crippen LogP contribution in [0.15, 0.2) is 84.3 Å². The van der Waals surface area contributed by atoms with Crippen molar-refractivity contribution in [1.29, 1.82) is 0 Å². The summed E-state index contributed by atoms with van der Waals surface area (Å²) in [5.74, 6) is 4.08. The molecule has 0 saturated carbocycles. The van der Waals surface area contributed by atoms with Gasteiger partial charge < -0.3 is 9.47 Å². The summed E-state index contributed by atoms with van der Waals surface area (Å²) in [5, 5.41) is 2.57. The fourth-order valence-electron chi connectivity index (χ4n) is 6.51. The Morgan fingerprint density at radius 2 is 1.51 bits per heavy atom. The molecule has 43 heavy (non-hydrogen) atoms. The SMILES string of the molecule is C=CC1=C2B(c3cc4sc5c(c4cc3O1)/C=C\C=CCC5)c1cc3sc4c(c3cc1O/C2=C/C)C=CC(C)C4.CC.CC. The van der Waals surface area contributed by atoms with Gasteiger partial charge in [-0.05, 0) is 90.6 Å². The van der Waals surface area contributed by atoms with E-state index in [2.05, 4.69) is 80.3 Å². The molecule has 2 aliphatic carbocycles.